The number of nitrogens with one attached hydrogen (secondary N) is 1. The Morgan fingerprint density at radius 3 is 2.67 bits per heavy atom. The number of aromatic nitrogens is 4. The average Bonchev–Trinajstić information content (AvgIpc) is 3.91. The van der Waals surface area contributed by atoms with Crippen LogP contribution in [0.4, 0.5) is 13.2 Å². The van der Waals surface area contributed by atoms with Crippen molar-refractivity contribution in [3.05, 3.63) is 47.4 Å². The van der Waals surface area contributed by atoms with E-state index in [-0.39, 0.29) is 73.1 Å². The monoisotopic (exact) mass is 659 g/mol. The summed E-state index contributed by atoms with van der Waals surface area (Å²) in [5, 5.41) is 3.79. The van der Waals surface area contributed by atoms with Crippen molar-refractivity contribution in [2.45, 2.75) is 101 Å². The normalized spacial score (nSPS) is 30.0. The minimum absolute atomic E-state index is 0.0375. The van der Waals surface area contributed by atoms with Crippen LogP contribution in [0.3, 0.4) is 0 Å². The summed E-state index contributed by atoms with van der Waals surface area (Å²) in [7, 11) is 0. The molecule has 2 amide bonds. The number of hydrogen-bond acceptors (Lipinski definition) is 5. The number of carbonyl (C=O) groups is 2. The Balaban J connectivity index is 1.14. The Bertz CT molecular complexity index is 1980. The van der Waals surface area contributed by atoms with E-state index in [1.807, 2.05) is 39.2 Å². The molecule has 2 aliphatic heterocycles. The molecule has 3 saturated carbocycles. The predicted octanol–water partition coefficient (Wildman–Crippen LogP) is 6.11. The van der Waals surface area contributed by atoms with Gasteiger partial charge in [0.15, 0.2) is 5.82 Å². The SMILES string of the molecule is C[C@H]1NC(=O)[C@@H]2C[C@H]2CC(F)(F)CCCn2c(-c3nc4cc(C(=O)N5C[C@H](N)[C@@H]6CC[C@H]5C6)cc(F)c4n3C3CC3)cc3ccc1nc32. The van der Waals surface area contributed by atoms with Gasteiger partial charge >= 0.3 is 0 Å². The first-order valence-electron chi connectivity index (χ1n) is 17.5. The number of benzene rings is 1. The standard InChI is InChI=1S/C36H40F3N7O2/c1-18-28-8-4-20-15-30(44(32(20)42-28)10-2-9-36(38,39)16-22-12-25(22)34(47)41-18)33-43-29-14-21(13-26(37)31(29)46(33)23-6-7-23)35(48)45-17-27(40)19-3-5-24(45)11-19/h4,8,13-15,18-19,22-25,27H,2-3,5-7,9-12,16-17,40H2,1H3,(H,41,47)/t18-,19-,22+,24+,25-,27+/m1/s1. The van der Waals surface area contributed by atoms with Crippen LogP contribution in [0, 0.1) is 23.6 Å². The summed E-state index contributed by atoms with van der Waals surface area (Å²) in [4.78, 5) is 38.4. The molecule has 0 spiro atoms. The number of amides is 2. The van der Waals surface area contributed by atoms with Gasteiger partial charge in [-0.1, -0.05) is 0 Å². The highest BCUT2D eigenvalue weighted by molar-refractivity contribution is 5.98. The minimum Gasteiger partial charge on any atom is -0.348 e. The highest BCUT2D eigenvalue weighted by Crippen LogP contribution is 2.48. The molecule has 252 valence electrons. The van der Waals surface area contributed by atoms with E-state index >= 15 is 13.2 Å². The number of piperidine rings is 1. The van der Waals surface area contributed by atoms with Gasteiger partial charge in [0.1, 0.15) is 17.0 Å². The Morgan fingerprint density at radius 2 is 1.85 bits per heavy atom. The summed E-state index contributed by atoms with van der Waals surface area (Å²) in [5.41, 5.74) is 9.33. The molecule has 3 aromatic heterocycles. The summed E-state index contributed by atoms with van der Waals surface area (Å²) in [6.07, 6.45) is 4.61. The number of carbonyl (C=O) groups excluding carboxylic acids is 2. The second kappa shape index (κ2) is 10.8. The first-order valence-corrected chi connectivity index (χ1v) is 17.5. The lowest BCUT2D eigenvalue weighted by atomic mass is 9.94. The van der Waals surface area contributed by atoms with Gasteiger partial charge in [-0.3, -0.25) is 9.59 Å². The number of likely N-dealkylation sites (tertiary alicyclic amines) is 1. The summed E-state index contributed by atoms with van der Waals surface area (Å²) in [6, 6.07) is 8.45. The van der Waals surface area contributed by atoms with Crippen LogP contribution in [0.1, 0.15) is 92.8 Å². The van der Waals surface area contributed by atoms with Crippen molar-refractivity contribution in [1.29, 1.82) is 0 Å². The van der Waals surface area contributed by atoms with Crippen molar-refractivity contribution in [3.63, 3.8) is 0 Å². The topological polar surface area (TPSA) is 111 Å². The highest BCUT2D eigenvalue weighted by Gasteiger charge is 2.48. The Labute approximate surface area is 276 Å². The van der Waals surface area contributed by atoms with Crippen molar-refractivity contribution < 1.29 is 22.8 Å². The molecule has 1 aromatic carbocycles. The van der Waals surface area contributed by atoms with Crippen LogP contribution in [0.25, 0.3) is 33.6 Å². The minimum atomic E-state index is -2.89. The van der Waals surface area contributed by atoms with Gasteiger partial charge in [-0.15, -0.1) is 0 Å². The summed E-state index contributed by atoms with van der Waals surface area (Å²) >= 11 is 0. The van der Waals surface area contributed by atoms with E-state index in [9.17, 15) is 9.59 Å². The fraction of sp³-hybridized carbons (Fsp3) is 0.556. The molecule has 12 heteroatoms. The maximum Gasteiger partial charge on any atom is 0.254 e. The lowest BCUT2D eigenvalue weighted by Gasteiger charge is -2.37. The number of alkyl halides is 2. The number of rotatable bonds is 3. The predicted molar refractivity (Wildman–Crippen MR) is 174 cm³/mol. The number of hydrogen-bond donors (Lipinski definition) is 2. The van der Waals surface area contributed by atoms with Crippen LogP contribution < -0.4 is 11.1 Å². The van der Waals surface area contributed by atoms with Crippen LogP contribution in [0.5, 0.6) is 0 Å². The number of nitrogens with two attached hydrogens (primary N) is 1. The Hall–Kier alpha value is -3.93. The second-order valence-corrected chi connectivity index (χ2v) is 15.0. The third kappa shape index (κ3) is 5.01. The van der Waals surface area contributed by atoms with Crippen molar-refractivity contribution >= 4 is 33.9 Å². The quantitative estimate of drug-likeness (QED) is 0.276. The zero-order chi connectivity index (χ0) is 33.1. The highest BCUT2D eigenvalue weighted by atomic mass is 19.3. The summed E-state index contributed by atoms with van der Waals surface area (Å²) in [5.74, 6) is -3.54. The largest absolute Gasteiger partial charge is 0.348 e. The fourth-order valence-electron chi connectivity index (χ4n) is 8.74. The van der Waals surface area contributed by atoms with E-state index in [1.165, 1.54) is 6.07 Å². The number of pyridine rings is 1. The molecule has 4 fully saturated rings. The van der Waals surface area contributed by atoms with Gasteiger partial charge in [0.05, 0.1) is 22.9 Å². The van der Waals surface area contributed by atoms with Gasteiger partial charge in [-0.25, -0.2) is 23.1 Å². The molecule has 5 aliphatic rings. The van der Waals surface area contributed by atoms with E-state index in [1.54, 1.807) is 6.07 Å². The molecule has 5 heterocycles. The molecule has 6 atom stereocenters. The average molecular weight is 660 g/mol. The molecule has 3 aliphatic carbocycles. The van der Waals surface area contributed by atoms with E-state index < -0.39 is 17.8 Å². The zero-order valence-electron chi connectivity index (χ0n) is 27.0. The van der Waals surface area contributed by atoms with Gasteiger partial charge < -0.3 is 25.1 Å². The maximum absolute atomic E-state index is 16.2. The van der Waals surface area contributed by atoms with E-state index in [4.69, 9.17) is 15.7 Å². The van der Waals surface area contributed by atoms with Gasteiger partial charge in [0, 0.05) is 60.9 Å². The number of halogens is 3. The van der Waals surface area contributed by atoms with E-state index in [2.05, 4.69) is 5.32 Å². The molecule has 9 rings (SSSR count). The van der Waals surface area contributed by atoms with Crippen LogP contribution in [0.15, 0.2) is 30.3 Å². The molecule has 48 heavy (non-hydrogen) atoms. The molecular weight excluding hydrogens is 619 g/mol. The number of aryl methyl sites for hydroxylation is 1. The van der Waals surface area contributed by atoms with Crippen molar-refractivity contribution in [1.82, 2.24) is 29.3 Å². The molecule has 9 nitrogen and oxygen atoms in total. The van der Waals surface area contributed by atoms with Crippen LogP contribution >= 0.6 is 0 Å². The van der Waals surface area contributed by atoms with Crippen molar-refractivity contribution in [2.24, 2.45) is 23.5 Å². The van der Waals surface area contributed by atoms with Crippen LogP contribution in [-0.4, -0.2) is 60.4 Å². The lowest BCUT2D eigenvalue weighted by molar-refractivity contribution is -0.123. The second-order valence-electron chi connectivity index (χ2n) is 15.0. The number of fused-ring (bicyclic) bond motifs is 5. The summed E-state index contributed by atoms with van der Waals surface area (Å²) in [6.45, 7) is 2.60. The summed E-state index contributed by atoms with van der Waals surface area (Å²) < 4.78 is 50.3. The third-order valence-corrected chi connectivity index (χ3v) is 11.6. The Morgan fingerprint density at radius 1 is 1.04 bits per heavy atom. The molecule has 4 bridgehead atoms. The smallest absolute Gasteiger partial charge is 0.254 e. The number of nitrogens with zero attached hydrogens (tertiary/aromatic N) is 5. The van der Waals surface area contributed by atoms with Crippen LogP contribution in [-0.2, 0) is 11.3 Å². The molecule has 0 radical (unpaired) electrons. The van der Waals surface area contributed by atoms with E-state index in [0.717, 1.165) is 37.5 Å². The first-order chi connectivity index (χ1) is 23.0. The Kier molecular flexibility index (Phi) is 6.78. The van der Waals surface area contributed by atoms with Crippen molar-refractivity contribution in [3.8, 4) is 11.5 Å². The van der Waals surface area contributed by atoms with E-state index in [0.29, 0.717) is 52.8 Å². The molecule has 1 saturated heterocycles. The van der Waals surface area contributed by atoms with Crippen LogP contribution in [0.2, 0.25) is 0 Å². The molecule has 0 unspecified atom stereocenters. The fourth-order valence-corrected chi connectivity index (χ4v) is 8.74. The first kappa shape index (κ1) is 30.2. The zero-order valence-corrected chi connectivity index (χ0v) is 27.0. The molecule has 4 aromatic rings. The maximum atomic E-state index is 16.2. The third-order valence-electron chi connectivity index (χ3n) is 11.6. The van der Waals surface area contributed by atoms with Gasteiger partial charge in [0.25, 0.3) is 5.91 Å². The lowest BCUT2D eigenvalue weighted by Crippen LogP contribution is -2.51. The van der Waals surface area contributed by atoms with Gasteiger partial charge in [-0.05, 0) is 94.0 Å². The van der Waals surface area contributed by atoms with Gasteiger partial charge in [0.2, 0.25) is 11.8 Å². The van der Waals surface area contributed by atoms with Crippen molar-refractivity contribution in [2.75, 3.05) is 6.54 Å². The van der Waals surface area contributed by atoms with Gasteiger partial charge in [-0.2, -0.15) is 0 Å². The number of imidazole rings is 1. The molecule has 3 N–H and O–H groups in total. The molecular formula is C36H40F3N7O2.